The summed E-state index contributed by atoms with van der Waals surface area (Å²) in [6.45, 7) is 18.4. The average Bonchev–Trinajstić information content (AvgIpc) is 2.56. The molecule has 7 nitrogen and oxygen atoms in total. The molecule has 0 unspecified atom stereocenters. The highest BCUT2D eigenvalue weighted by Gasteiger charge is 2.15. The summed E-state index contributed by atoms with van der Waals surface area (Å²) in [7, 11) is 0. The van der Waals surface area contributed by atoms with Crippen LogP contribution in [0.2, 0.25) is 0 Å². The summed E-state index contributed by atoms with van der Waals surface area (Å²) in [4.78, 5) is 18.5. The average molecular weight is 499 g/mol. The number of hydrogen-bond acceptors (Lipinski definition) is 4. The van der Waals surface area contributed by atoms with Gasteiger partial charge < -0.3 is 25.6 Å². The summed E-state index contributed by atoms with van der Waals surface area (Å²) in [5.41, 5.74) is -0.463. The van der Waals surface area contributed by atoms with E-state index in [1.807, 2.05) is 20.8 Å². The zero-order valence-electron chi connectivity index (χ0n) is 18.2. The first-order chi connectivity index (χ1) is 12.3. The van der Waals surface area contributed by atoms with Gasteiger partial charge >= 0.3 is 6.09 Å². The molecule has 0 aromatic heterocycles. The van der Waals surface area contributed by atoms with E-state index in [4.69, 9.17) is 4.74 Å². The lowest BCUT2D eigenvalue weighted by Gasteiger charge is -2.19. The highest BCUT2D eigenvalue weighted by molar-refractivity contribution is 14.0. The van der Waals surface area contributed by atoms with E-state index in [0.717, 1.165) is 51.5 Å². The van der Waals surface area contributed by atoms with Crippen LogP contribution in [-0.2, 0) is 4.74 Å². The Bertz CT molecular complexity index is 396. The van der Waals surface area contributed by atoms with Gasteiger partial charge in [0.25, 0.3) is 0 Å². The number of carbonyl (C=O) groups is 1. The van der Waals surface area contributed by atoms with Crippen molar-refractivity contribution in [1.82, 2.24) is 20.9 Å². The van der Waals surface area contributed by atoms with Crippen LogP contribution < -0.4 is 16.0 Å². The fourth-order valence-electron chi connectivity index (χ4n) is 2.32. The van der Waals surface area contributed by atoms with Gasteiger partial charge in [-0.3, -0.25) is 4.99 Å². The lowest BCUT2D eigenvalue weighted by molar-refractivity contribution is 0.0527. The number of aliphatic imine (C=N–C) groups is 1. The van der Waals surface area contributed by atoms with Crippen LogP contribution in [0.4, 0.5) is 4.79 Å². The standard InChI is InChI=1S/C19H41N5O2.HI/c1-7-20-17(21-13-10-11-16-24(8-2)9-3)22-14-12-15-23-18(25)26-19(4,5)6;/h7-16H2,1-6H3,(H,23,25)(H2,20,21,22);1H. The van der Waals surface area contributed by atoms with Gasteiger partial charge in [-0.15, -0.1) is 24.0 Å². The Morgan fingerprint density at radius 1 is 0.963 bits per heavy atom. The maximum absolute atomic E-state index is 11.6. The molecule has 0 aliphatic heterocycles. The smallest absolute Gasteiger partial charge is 0.407 e. The van der Waals surface area contributed by atoms with Gasteiger partial charge in [0, 0.05) is 26.2 Å². The van der Waals surface area contributed by atoms with Crippen LogP contribution in [0.25, 0.3) is 0 Å². The van der Waals surface area contributed by atoms with Gasteiger partial charge in [0.2, 0.25) is 0 Å². The van der Waals surface area contributed by atoms with Crippen LogP contribution in [-0.4, -0.2) is 68.4 Å². The molecule has 0 fully saturated rings. The largest absolute Gasteiger partial charge is 0.444 e. The van der Waals surface area contributed by atoms with E-state index in [1.165, 1.54) is 6.42 Å². The van der Waals surface area contributed by atoms with E-state index in [2.05, 4.69) is 46.6 Å². The number of halogens is 1. The molecular formula is C19H42IN5O2. The number of ether oxygens (including phenoxy) is 1. The fraction of sp³-hybridized carbons (Fsp3) is 0.895. The minimum absolute atomic E-state index is 0. The zero-order chi connectivity index (χ0) is 19.8. The molecule has 0 saturated heterocycles. The molecule has 0 aliphatic rings. The Balaban J connectivity index is 0. The molecule has 0 aromatic carbocycles. The van der Waals surface area contributed by atoms with E-state index >= 15 is 0 Å². The second-order valence-electron chi connectivity index (χ2n) is 7.20. The number of hydrogen-bond donors (Lipinski definition) is 3. The number of unbranched alkanes of at least 4 members (excludes halogenated alkanes) is 1. The molecule has 0 aliphatic carbocycles. The predicted octanol–water partition coefficient (Wildman–Crippen LogP) is 3.20. The monoisotopic (exact) mass is 499 g/mol. The minimum atomic E-state index is -0.463. The molecule has 0 saturated carbocycles. The Morgan fingerprint density at radius 3 is 2.15 bits per heavy atom. The van der Waals surface area contributed by atoms with Crippen molar-refractivity contribution in [1.29, 1.82) is 0 Å². The summed E-state index contributed by atoms with van der Waals surface area (Å²) in [5, 5.41) is 9.37. The topological polar surface area (TPSA) is 78.0 Å². The summed E-state index contributed by atoms with van der Waals surface area (Å²) >= 11 is 0. The zero-order valence-corrected chi connectivity index (χ0v) is 20.5. The van der Waals surface area contributed by atoms with E-state index in [1.54, 1.807) is 0 Å². The van der Waals surface area contributed by atoms with Crippen LogP contribution in [0.5, 0.6) is 0 Å². The van der Waals surface area contributed by atoms with Crippen molar-refractivity contribution in [2.45, 2.75) is 66.4 Å². The number of nitrogens with zero attached hydrogens (tertiary/aromatic N) is 2. The van der Waals surface area contributed by atoms with E-state index in [9.17, 15) is 4.79 Å². The maximum atomic E-state index is 11.6. The molecule has 0 rings (SSSR count). The third-order valence-corrected chi connectivity index (χ3v) is 3.71. The summed E-state index contributed by atoms with van der Waals surface area (Å²) in [5.74, 6) is 0.840. The summed E-state index contributed by atoms with van der Waals surface area (Å²) in [6, 6.07) is 0. The molecule has 0 aromatic rings. The van der Waals surface area contributed by atoms with Crippen LogP contribution in [0, 0.1) is 0 Å². The molecule has 0 spiro atoms. The number of rotatable bonds is 12. The highest BCUT2D eigenvalue weighted by Crippen LogP contribution is 2.06. The lowest BCUT2D eigenvalue weighted by atomic mass is 10.2. The molecule has 0 heterocycles. The van der Waals surface area contributed by atoms with Crippen molar-refractivity contribution in [3.05, 3.63) is 0 Å². The summed E-state index contributed by atoms with van der Waals surface area (Å²) in [6.07, 6.45) is 2.71. The van der Waals surface area contributed by atoms with Crippen molar-refractivity contribution in [2.24, 2.45) is 4.99 Å². The fourth-order valence-corrected chi connectivity index (χ4v) is 2.32. The normalized spacial score (nSPS) is 11.7. The number of nitrogens with one attached hydrogen (secondary N) is 3. The van der Waals surface area contributed by atoms with Gasteiger partial charge in [-0.2, -0.15) is 0 Å². The minimum Gasteiger partial charge on any atom is -0.444 e. The van der Waals surface area contributed by atoms with Crippen molar-refractivity contribution in [2.75, 3.05) is 45.8 Å². The van der Waals surface area contributed by atoms with Crippen molar-refractivity contribution < 1.29 is 9.53 Å². The van der Waals surface area contributed by atoms with Gasteiger partial charge in [-0.25, -0.2) is 4.79 Å². The molecule has 1 amide bonds. The Labute approximate surface area is 183 Å². The second kappa shape index (κ2) is 17.3. The molecule has 0 atom stereocenters. The van der Waals surface area contributed by atoms with E-state index < -0.39 is 5.60 Å². The Morgan fingerprint density at radius 2 is 1.59 bits per heavy atom. The number of carbonyl (C=O) groups excluding carboxylic acids is 1. The van der Waals surface area contributed by atoms with Gasteiger partial charge in [0.1, 0.15) is 5.60 Å². The predicted molar refractivity (Wildman–Crippen MR) is 125 cm³/mol. The number of amides is 1. The first kappa shape index (κ1) is 28.4. The quantitative estimate of drug-likeness (QED) is 0.166. The van der Waals surface area contributed by atoms with Gasteiger partial charge in [0.15, 0.2) is 5.96 Å². The van der Waals surface area contributed by atoms with Crippen LogP contribution in [0.15, 0.2) is 4.99 Å². The van der Waals surface area contributed by atoms with Gasteiger partial charge in [-0.05, 0) is 66.6 Å². The molecular weight excluding hydrogens is 457 g/mol. The lowest BCUT2D eigenvalue weighted by Crippen LogP contribution is -2.38. The molecule has 3 N–H and O–H groups in total. The molecule has 0 radical (unpaired) electrons. The Kier molecular flexibility index (Phi) is 18.3. The molecule has 0 bridgehead atoms. The number of alkyl carbamates (subject to hydrolysis) is 1. The first-order valence-electron chi connectivity index (χ1n) is 10.0. The van der Waals surface area contributed by atoms with E-state index in [0.29, 0.717) is 13.1 Å². The summed E-state index contributed by atoms with van der Waals surface area (Å²) < 4.78 is 5.20. The number of guanidine groups is 1. The first-order valence-corrected chi connectivity index (χ1v) is 10.0. The second-order valence-corrected chi connectivity index (χ2v) is 7.20. The van der Waals surface area contributed by atoms with Crippen molar-refractivity contribution in [3.63, 3.8) is 0 Å². The third-order valence-electron chi connectivity index (χ3n) is 3.71. The van der Waals surface area contributed by atoms with Crippen LogP contribution >= 0.6 is 24.0 Å². The molecule has 8 heteroatoms. The SMILES string of the molecule is CCNC(=NCCCNC(=O)OC(C)(C)C)NCCCCN(CC)CC.I. The van der Waals surface area contributed by atoms with E-state index in [-0.39, 0.29) is 30.1 Å². The van der Waals surface area contributed by atoms with Crippen molar-refractivity contribution in [3.8, 4) is 0 Å². The van der Waals surface area contributed by atoms with Gasteiger partial charge in [-0.1, -0.05) is 13.8 Å². The van der Waals surface area contributed by atoms with Crippen LogP contribution in [0.3, 0.4) is 0 Å². The third kappa shape index (κ3) is 18.4. The Hall–Kier alpha value is -0.770. The van der Waals surface area contributed by atoms with Gasteiger partial charge in [0.05, 0.1) is 0 Å². The maximum Gasteiger partial charge on any atom is 0.407 e. The highest BCUT2D eigenvalue weighted by atomic mass is 127. The molecule has 162 valence electrons. The molecule has 27 heavy (non-hydrogen) atoms. The van der Waals surface area contributed by atoms with Crippen LogP contribution in [0.1, 0.15) is 60.8 Å². The van der Waals surface area contributed by atoms with Crippen molar-refractivity contribution >= 4 is 36.0 Å².